The van der Waals surface area contributed by atoms with Crippen LogP contribution in [0.4, 0.5) is 0 Å². The van der Waals surface area contributed by atoms with Crippen molar-refractivity contribution in [3.8, 4) is 0 Å². The molecule has 0 amide bonds. The lowest BCUT2D eigenvalue weighted by atomic mass is 9.77. The molecule has 2 heteroatoms. The molecule has 1 saturated carbocycles. The van der Waals surface area contributed by atoms with Crippen molar-refractivity contribution in [3.63, 3.8) is 0 Å². The first-order chi connectivity index (χ1) is 6.74. The first kappa shape index (κ1) is 12.4. The molecule has 1 aliphatic rings. The fourth-order valence-corrected chi connectivity index (χ4v) is 3.11. The van der Waals surface area contributed by atoms with Gasteiger partial charge in [0.1, 0.15) is 0 Å². The summed E-state index contributed by atoms with van der Waals surface area (Å²) in [4.78, 5) is 0. The lowest BCUT2D eigenvalue weighted by molar-refractivity contribution is 0.233. The van der Waals surface area contributed by atoms with Crippen molar-refractivity contribution in [2.24, 2.45) is 17.6 Å². The number of hydrogen-bond donors (Lipinski definition) is 1. The largest absolute Gasteiger partial charge is 0.327 e. The molecule has 2 N–H and O–H groups in total. The summed E-state index contributed by atoms with van der Waals surface area (Å²) >= 11 is 2.06. The summed E-state index contributed by atoms with van der Waals surface area (Å²) in [6, 6.07) is 0.498. The second-order valence-electron chi connectivity index (χ2n) is 4.68. The van der Waals surface area contributed by atoms with E-state index in [4.69, 9.17) is 5.73 Å². The highest BCUT2D eigenvalue weighted by atomic mass is 32.2. The van der Waals surface area contributed by atoms with Gasteiger partial charge in [0, 0.05) is 6.04 Å². The Labute approximate surface area is 93.2 Å². The Hall–Kier alpha value is 0.310. The third kappa shape index (κ3) is 4.22. The van der Waals surface area contributed by atoms with Crippen molar-refractivity contribution >= 4 is 11.8 Å². The van der Waals surface area contributed by atoms with Gasteiger partial charge in [-0.1, -0.05) is 13.8 Å². The molecule has 1 nitrogen and oxygen atoms in total. The van der Waals surface area contributed by atoms with Crippen LogP contribution in [0.15, 0.2) is 0 Å². The van der Waals surface area contributed by atoms with Gasteiger partial charge in [-0.3, -0.25) is 0 Å². The topological polar surface area (TPSA) is 26.0 Å². The van der Waals surface area contributed by atoms with Crippen molar-refractivity contribution in [2.45, 2.75) is 52.0 Å². The average molecular weight is 215 g/mol. The Bertz CT molecular complexity index is 149. The van der Waals surface area contributed by atoms with E-state index in [1.165, 1.54) is 43.6 Å². The van der Waals surface area contributed by atoms with Gasteiger partial charge in [-0.15, -0.1) is 0 Å². The van der Waals surface area contributed by atoms with Crippen LogP contribution in [0.25, 0.3) is 0 Å². The molecule has 0 spiro atoms. The molecule has 1 aliphatic carbocycles. The van der Waals surface area contributed by atoms with Gasteiger partial charge in [-0.25, -0.2) is 0 Å². The van der Waals surface area contributed by atoms with E-state index in [1.54, 1.807) is 0 Å². The smallest absolute Gasteiger partial charge is 0.00673 e. The molecule has 0 aromatic carbocycles. The highest BCUT2D eigenvalue weighted by molar-refractivity contribution is 7.99. The molecule has 1 fully saturated rings. The van der Waals surface area contributed by atoms with Gasteiger partial charge in [-0.2, -0.15) is 11.8 Å². The van der Waals surface area contributed by atoms with E-state index in [0.717, 1.165) is 11.8 Å². The molecule has 14 heavy (non-hydrogen) atoms. The minimum atomic E-state index is 0.498. The first-order valence-electron chi connectivity index (χ1n) is 6.07. The van der Waals surface area contributed by atoms with Crippen molar-refractivity contribution < 1.29 is 0 Å². The van der Waals surface area contributed by atoms with Crippen molar-refractivity contribution in [1.29, 1.82) is 0 Å². The van der Waals surface area contributed by atoms with Gasteiger partial charge >= 0.3 is 0 Å². The Balaban J connectivity index is 2.14. The van der Waals surface area contributed by atoms with Gasteiger partial charge in [-0.05, 0) is 55.4 Å². The molecule has 0 bridgehead atoms. The molecule has 0 saturated heterocycles. The van der Waals surface area contributed by atoms with Crippen LogP contribution < -0.4 is 5.73 Å². The van der Waals surface area contributed by atoms with Crippen LogP contribution in [0.5, 0.6) is 0 Å². The molecule has 3 unspecified atom stereocenters. The van der Waals surface area contributed by atoms with E-state index in [2.05, 4.69) is 25.6 Å². The molecule has 0 radical (unpaired) electrons. The number of hydrogen-bond acceptors (Lipinski definition) is 2. The zero-order valence-corrected chi connectivity index (χ0v) is 10.5. The second-order valence-corrected chi connectivity index (χ2v) is 6.08. The first-order valence-corrected chi connectivity index (χ1v) is 7.22. The van der Waals surface area contributed by atoms with E-state index in [9.17, 15) is 0 Å². The van der Waals surface area contributed by atoms with Crippen molar-refractivity contribution in [2.75, 3.05) is 11.5 Å². The summed E-state index contributed by atoms with van der Waals surface area (Å²) in [6.45, 7) is 4.61. The minimum absolute atomic E-state index is 0.498. The summed E-state index contributed by atoms with van der Waals surface area (Å²) in [7, 11) is 0. The highest BCUT2D eigenvalue weighted by Crippen LogP contribution is 2.31. The van der Waals surface area contributed by atoms with Crippen LogP contribution in [0.2, 0.25) is 0 Å². The molecule has 0 aliphatic heterocycles. The van der Waals surface area contributed by atoms with Crippen molar-refractivity contribution in [3.05, 3.63) is 0 Å². The third-order valence-electron chi connectivity index (χ3n) is 3.37. The lowest BCUT2D eigenvalue weighted by Crippen LogP contribution is -2.35. The molecule has 0 aromatic rings. The Kier molecular flexibility index (Phi) is 5.95. The molecular weight excluding hydrogens is 190 g/mol. The van der Waals surface area contributed by atoms with E-state index in [-0.39, 0.29) is 0 Å². The predicted molar refractivity (Wildman–Crippen MR) is 66.7 cm³/mol. The van der Waals surface area contributed by atoms with E-state index < -0.39 is 0 Å². The van der Waals surface area contributed by atoms with Gasteiger partial charge < -0.3 is 5.73 Å². The maximum absolute atomic E-state index is 6.15. The van der Waals surface area contributed by atoms with Crippen LogP contribution in [-0.2, 0) is 0 Å². The number of nitrogens with two attached hydrogens (primary N) is 1. The Morgan fingerprint density at radius 1 is 1.36 bits per heavy atom. The summed E-state index contributed by atoms with van der Waals surface area (Å²) < 4.78 is 0. The number of thioether (sulfide) groups is 1. The fourth-order valence-electron chi connectivity index (χ4n) is 2.45. The number of rotatable bonds is 5. The van der Waals surface area contributed by atoms with Gasteiger partial charge in [0.05, 0.1) is 0 Å². The maximum atomic E-state index is 6.15. The molecule has 3 atom stereocenters. The van der Waals surface area contributed by atoms with Crippen LogP contribution in [0.1, 0.15) is 46.0 Å². The Morgan fingerprint density at radius 3 is 2.86 bits per heavy atom. The summed E-state index contributed by atoms with van der Waals surface area (Å²) in [5.74, 6) is 4.32. The van der Waals surface area contributed by atoms with Crippen LogP contribution in [0, 0.1) is 11.8 Å². The molecule has 0 heterocycles. The second kappa shape index (κ2) is 6.73. The minimum Gasteiger partial charge on any atom is -0.327 e. The zero-order valence-electron chi connectivity index (χ0n) is 9.67. The van der Waals surface area contributed by atoms with Crippen LogP contribution >= 0.6 is 11.8 Å². The Morgan fingerprint density at radius 2 is 2.14 bits per heavy atom. The van der Waals surface area contributed by atoms with Crippen molar-refractivity contribution in [1.82, 2.24) is 0 Å². The molecule has 0 aromatic heterocycles. The van der Waals surface area contributed by atoms with Gasteiger partial charge in [0.15, 0.2) is 0 Å². The lowest BCUT2D eigenvalue weighted by Gasteiger charge is -2.32. The van der Waals surface area contributed by atoms with E-state index in [1.807, 2.05) is 0 Å². The molecule has 1 rings (SSSR count). The average Bonchev–Trinajstić information content (AvgIpc) is 2.18. The standard InChI is InChI=1S/C12H25NS/c1-3-14-8-4-5-11-9-10(2)6-7-12(11)13/h10-12H,3-9,13H2,1-2H3. The van der Waals surface area contributed by atoms with Crippen LogP contribution in [0.3, 0.4) is 0 Å². The SMILES string of the molecule is CCSCCCC1CC(C)CCC1N. The third-order valence-corrected chi connectivity index (χ3v) is 4.36. The normalized spacial score (nSPS) is 33.2. The predicted octanol–water partition coefficient (Wildman–Crippen LogP) is 3.28. The summed E-state index contributed by atoms with van der Waals surface area (Å²) in [6.07, 6.45) is 6.70. The monoisotopic (exact) mass is 215 g/mol. The van der Waals surface area contributed by atoms with Gasteiger partial charge in [0.2, 0.25) is 0 Å². The summed E-state index contributed by atoms with van der Waals surface area (Å²) in [5.41, 5.74) is 6.15. The molecule has 84 valence electrons. The summed E-state index contributed by atoms with van der Waals surface area (Å²) in [5, 5.41) is 0. The van der Waals surface area contributed by atoms with E-state index >= 15 is 0 Å². The molecular formula is C12H25NS. The van der Waals surface area contributed by atoms with E-state index in [0.29, 0.717) is 6.04 Å². The van der Waals surface area contributed by atoms with Crippen LogP contribution in [-0.4, -0.2) is 17.5 Å². The fraction of sp³-hybridized carbons (Fsp3) is 1.00. The maximum Gasteiger partial charge on any atom is 0.00673 e. The quantitative estimate of drug-likeness (QED) is 0.712. The zero-order chi connectivity index (χ0) is 10.4. The van der Waals surface area contributed by atoms with Gasteiger partial charge in [0.25, 0.3) is 0 Å². The highest BCUT2D eigenvalue weighted by Gasteiger charge is 2.25.